The maximum absolute atomic E-state index is 13.7. The molecule has 0 unspecified atom stereocenters. The van der Waals surface area contributed by atoms with E-state index < -0.39 is 0 Å². The van der Waals surface area contributed by atoms with E-state index in [-0.39, 0.29) is 5.82 Å². The van der Waals surface area contributed by atoms with Crippen LogP contribution < -0.4 is 5.73 Å². The van der Waals surface area contributed by atoms with Crippen LogP contribution in [0.3, 0.4) is 0 Å². The van der Waals surface area contributed by atoms with Gasteiger partial charge in [0, 0.05) is 16.8 Å². The first-order chi connectivity index (χ1) is 9.66. The van der Waals surface area contributed by atoms with Crippen molar-refractivity contribution in [3.05, 3.63) is 53.8 Å². The van der Waals surface area contributed by atoms with Crippen molar-refractivity contribution < 1.29 is 4.39 Å². The fourth-order valence-corrected chi connectivity index (χ4v) is 2.03. The van der Waals surface area contributed by atoms with Gasteiger partial charge in [0.15, 0.2) is 5.82 Å². The minimum Gasteiger partial charge on any atom is -0.399 e. The number of nitrogens with two attached hydrogens (primary N) is 1. The summed E-state index contributed by atoms with van der Waals surface area (Å²) in [5.74, 6) is 0.225. The van der Waals surface area contributed by atoms with Crippen molar-refractivity contribution >= 4 is 5.69 Å². The highest BCUT2D eigenvalue weighted by Gasteiger charge is 2.14. The summed E-state index contributed by atoms with van der Waals surface area (Å²) in [6, 6.07) is 12.0. The predicted octanol–water partition coefficient (Wildman–Crippen LogP) is 2.36. The second-order valence-corrected chi connectivity index (χ2v) is 4.42. The molecule has 1 aromatic heterocycles. The van der Waals surface area contributed by atoms with E-state index in [9.17, 15) is 4.39 Å². The summed E-state index contributed by atoms with van der Waals surface area (Å²) in [6.07, 6.45) is 0. The van der Waals surface area contributed by atoms with Gasteiger partial charge in [0.2, 0.25) is 0 Å². The Morgan fingerprint density at radius 1 is 1.15 bits per heavy atom. The Labute approximate surface area is 114 Å². The highest BCUT2D eigenvalue weighted by molar-refractivity contribution is 5.62. The molecule has 0 radical (unpaired) electrons. The number of hydrogen-bond acceptors (Lipinski definition) is 4. The molecule has 3 rings (SSSR count). The number of hydrogen-bond donors (Lipinski definition) is 1. The quantitative estimate of drug-likeness (QED) is 0.725. The highest BCUT2D eigenvalue weighted by atomic mass is 19.1. The lowest BCUT2D eigenvalue weighted by Crippen LogP contribution is -2.03. The Hall–Kier alpha value is -2.76. The number of tetrazole rings is 1. The molecule has 20 heavy (non-hydrogen) atoms. The van der Waals surface area contributed by atoms with E-state index in [4.69, 9.17) is 5.73 Å². The molecule has 0 spiro atoms. The van der Waals surface area contributed by atoms with E-state index in [0.29, 0.717) is 22.8 Å². The molecule has 0 atom stereocenters. The van der Waals surface area contributed by atoms with E-state index in [1.54, 1.807) is 31.2 Å². The molecule has 1 heterocycles. The van der Waals surface area contributed by atoms with E-state index in [1.807, 2.05) is 12.1 Å². The van der Waals surface area contributed by atoms with Gasteiger partial charge in [-0.05, 0) is 41.6 Å². The monoisotopic (exact) mass is 269 g/mol. The lowest BCUT2D eigenvalue weighted by Gasteiger charge is -2.08. The normalized spacial score (nSPS) is 10.7. The van der Waals surface area contributed by atoms with Gasteiger partial charge in [-0.3, -0.25) is 0 Å². The third-order valence-electron chi connectivity index (χ3n) is 3.08. The third-order valence-corrected chi connectivity index (χ3v) is 3.08. The van der Waals surface area contributed by atoms with Crippen LogP contribution >= 0.6 is 0 Å². The Bertz CT molecular complexity index is 766. The molecule has 0 saturated carbocycles. The third kappa shape index (κ3) is 2.01. The van der Waals surface area contributed by atoms with Gasteiger partial charge in [-0.2, -0.15) is 4.68 Å². The summed E-state index contributed by atoms with van der Waals surface area (Å²) in [5.41, 5.74) is 8.26. The van der Waals surface area contributed by atoms with E-state index in [0.717, 1.165) is 5.56 Å². The molecule has 0 aliphatic rings. The van der Waals surface area contributed by atoms with Gasteiger partial charge < -0.3 is 5.73 Å². The van der Waals surface area contributed by atoms with Crippen molar-refractivity contribution in [1.82, 2.24) is 20.2 Å². The van der Waals surface area contributed by atoms with Crippen molar-refractivity contribution in [3.63, 3.8) is 0 Å². The Balaban J connectivity index is 2.18. The number of rotatable bonds is 2. The first-order valence-corrected chi connectivity index (χ1v) is 6.06. The number of nitrogen functional groups attached to an aromatic ring is 1. The lowest BCUT2D eigenvalue weighted by atomic mass is 10.1. The molecule has 0 aliphatic carbocycles. The minimum absolute atomic E-state index is 0.295. The Morgan fingerprint density at radius 2 is 1.95 bits per heavy atom. The van der Waals surface area contributed by atoms with Crippen molar-refractivity contribution in [2.24, 2.45) is 0 Å². The smallest absolute Gasteiger partial charge is 0.187 e. The predicted molar refractivity (Wildman–Crippen MR) is 73.7 cm³/mol. The maximum atomic E-state index is 13.7. The molecule has 100 valence electrons. The second-order valence-electron chi connectivity index (χ2n) is 4.42. The fourth-order valence-electron chi connectivity index (χ4n) is 2.03. The van der Waals surface area contributed by atoms with Gasteiger partial charge in [-0.1, -0.05) is 18.2 Å². The van der Waals surface area contributed by atoms with Crippen LogP contribution in [-0.2, 0) is 0 Å². The number of halogens is 1. The van der Waals surface area contributed by atoms with Gasteiger partial charge in [0.1, 0.15) is 5.82 Å². The number of nitrogens with zero attached hydrogens (tertiary/aromatic N) is 4. The summed E-state index contributed by atoms with van der Waals surface area (Å²) in [4.78, 5) is 0. The van der Waals surface area contributed by atoms with Crippen LogP contribution in [0.1, 0.15) is 5.56 Å². The molecule has 0 aliphatic heterocycles. The molecule has 0 amide bonds. The van der Waals surface area contributed by atoms with Gasteiger partial charge in [-0.25, -0.2) is 4.39 Å². The van der Waals surface area contributed by atoms with E-state index in [1.165, 1.54) is 10.7 Å². The Kier molecular flexibility index (Phi) is 2.90. The van der Waals surface area contributed by atoms with Crippen molar-refractivity contribution in [3.8, 4) is 17.1 Å². The first-order valence-electron chi connectivity index (χ1n) is 6.06. The maximum Gasteiger partial charge on any atom is 0.187 e. The summed E-state index contributed by atoms with van der Waals surface area (Å²) in [5, 5.41) is 11.6. The van der Waals surface area contributed by atoms with Gasteiger partial charge in [-0.15, -0.1) is 5.10 Å². The zero-order valence-electron chi connectivity index (χ0n) is 10.8. The molecular formula is C14H12FN5. The van der Waals surface area contributed by atoms with Crippen LogP contribution in [0.25, 0.3) is 17.1 Å². The summed E-state index contributed by atoms with van der Waals surface area (Å²) in [7, 11) is 0. The molecule has 2 N–H and O–H groups in total. The van der Waals surface area contributed by atoms with E-state index in [2.05, 4.69) is 15.5 Å². The standard InChI is InChI=1S/C14H12FN5/c1-9-12(15)6-3-7-13(9)20-14(17-18-19-20)10-4-2-5-11(16)8-10/h2-8H,16H2,1H3. The average molecular weight is 269 g/mol. The topological polar surface area (TPSA) is 69.6 Å². The number of aromatic nitrogens is 4. The van der Waals surface area contributed by atoms with Crippen LogP contribution in [-0.4, -0.2) is 20.2 Å². The molecule has 0 fully saturated rings. The molecule has 2 aromatic carbocycles. The largest absolute Gasteiger partial charge is 0.399 e. The van der Waals surface area contributed by atoms with Crippen molar-refractivity contribution in [2.75, 3.05) is 5.73 Å². The van der Waals surface area contributed by atoms with Gasteiger partial charge in [0.05, 0.1) is 5.69 Å². The first kappa shape index (κ1) is 12.3. The molecule has 6 heteroatoms. The highest BCUT2D eigenvalue weighted by Crippen LogP contribution is 2.23. The zero-order chi connectivity index (χ0) is 14.1. The summed E-state index contributed by atoms with van der Waals surface area (Å²) < 4.78 is 15.2. The van der Waals surface area contributed by atoms with Gasteiger partial charge in [0.25, 0.3) is 0 Å². The molecular weight excluding hydrogens is 257 g/mol. The average Bonchev–Trinajstić information content (AvgIpc) is 2.91. The molecule has 0 bridgehead atoms. The fraction of sp³-hybridized carbons (Fsp3) is 0.0714. The van der Waals surface area contributed by atoms with E-state index >= 15 is 0 Å². The van der Waals surface area contributed by atoms with Crippen LogP contribution in [0.5, 0.6) is 0 Å². The second kappa shape index (κ2) is 4.73. The summed E-state index contributed by atoms with van der Waals surface area (Å²) in [6.45, 7) is 1.69. The molecule has 3 aromatic rings. The molecule has 5 nitrogen and oxygen atoms in total. The SMILES string of the molecule is Cc1c(F)cccc1-n1nnnc1-c1cccc(N)c1. The number of benzene rings is 2. The van der Waals surface area contributed by atoms with Gasteiger partial charge >= 0.3 is 0 Å². The van der Waals surface area contributed by atoms with Crippen molar-refractivity contribution in [2.45, 2.75) is 6.92 Å². The lowest BCUT2D eigenvalue weighted by molar-refractivity contribution is 0.614. The zero-order valence-corrected chi connectivity index (χ0v) is 10.8. The van der Waals surface area contributed by atoms with Crippen LogP contribution in [0.2, 0.25) is 0 Å². The van der Waals surface area contributed by atoms with Crippen LogP contribution in [0, 0.1) is 12.7 Å². The van der Waals surface area contributed by atoms with Crippen molar-refractivity contribution in [1.29, 1.82) is 0 Å². The Morgan fingerprint density at radius 3 is 2.75 bits per heavy atom. The molecule has 0 saturated heterocycles. The number of anilines is 1. The summed E-state index contributed by atoms with van der Waals surface area (Å²) >= 11 is 0. The minimum atomic E-state index is -0.295. The van der Waals surface area contributed by atoms with Crippen LogP contribution in [0.4, 0.5) is 10.1 Å². The van der Waals surface area contributed by atoms with Crippen LogP contribution in [0.15, 0.2) is 42.5 Å².